The van der Waals surface area contributed by atoms with Crippen molar-refractivity contribution in [1.82, 2.24) is 0 Å². The number of aromatic hydroxyl groups is 1. The van der Waals surface area contributed by atoms with Crippen molar-refractivity contribution in [2.24, 2.45) is 0 Å². The summed E-state index contributed by atoms with van der Waals surface area (Å²) in [5, 5.41) is 18.8. The molecule has 1 unspecified atom stereocenters. The standard InChI is InChI=1S/C15H15FO3/c16-13-4-2-6-15(8-13)19-10-12(9-17)11-3-1-5-14(18)7-11/h1-8,12,17-18H,9-10H2. The molecule has 4 heteroatoms. The molecule has 0 heterocycles. The largest absolute Gasteiger partial charge is 0.508 e. The number of rotatable bonds is 5. The van der Waals surface area contributed by atoms with E-state index in [4.69, 9.17) is 4.74 Å². The van der Waals surface area contributed by atoms with Crippen LogP contribution in [0.3, 0.4) is 0 Å². The van der Waals surface area contributed by atoms with Crippen LogP contribution in [0.5, 0.6) is 11.5 Å². The van der Waals surface area contributed by atoms with E-state index in [-0.39, 0.29) is 30.7 Å². The minimum Gasteiger partial charge on any atom is -0.508 e. The highest BCUT2D eigenvalue weighted by Gasteiger charge is 2.12. The average molecular weight is 262 g/mol. The summed E-state index contributed by atoms with van der Waals surface area (Å²) in [6.07, 6.45) is 0. The predicted molar refractivity (Wildman–Crippen MR) is 69.8 cm³/mol. The van der Waals surface area contributed by atoms with Crippen molar-refractivity contribution < 1.29 is 19.3 Å². The maximum Gasteiger partial charge on any atom is 0.126 e. The van der Waals surface area contributed by atoms with Crippen LogP contribution in [-0.4, -0.2) is 23.4 Å². The third-order valence-electron chi connectivity index (χ3n) is 2.81. The van der Waals surface area contributed by atoms with Crippen LogP contribution >= 0.6 is 0 Å². The molecule has 2 N–H and O–H groups in total. The van der Waals surface area contributed by atoms with Crippen LogP contribution in [0.2, 0.25) is 0 Å². The molecule has 2 aromatic rings. The SMILES string of the molecule is OCC(COc1cccc(F)c1)c1cccc(O)c1. The molecule has 0 aliphatic carbocycles. The van der Waals surface area contributed by atoms with Gasteiger partial charge in [0.1, 0.15) is 17.3 Å². The fourth-order valence-electron chi connectivity index (χ4n) is 1.79. The third kappa shape index (κ3) is 3.69. The van der Waals surface area contributed by atoms with E-state index in [1.54, 1.807) is 36.4 Å². The molecule has 0 fully saturated rings. The molecule has 0 saturated heterocycles. The van der Waals surface area contributed by atoms with E-state index in [1.165, 1.54) is 12.1 Å². The Balaban J connectivity index is 2.04. The highest BCUT2D eigenvalue weighted by atomic mass is 19.1. The van der Waals surface area contributed by atoms with Gasteiger partial charge in [0.2, 0.25) is 0 Å². The number of aliphatic hydroxyl groups excluding tert-OH is 1. The summed E-state index contributed by atoms with van der Waals surface area (Å²) in [6, 6.07) is 12.5. The average Bonchev–Trinajstić information content (AvgIpc) is 2.40. The first-order valence-corrected chi connectivity index (χ1v) is 5.97. The Bertz CT molecular complexity index is 542. The van der Waals surface area contributed by atoms with E-state index in [0.717, 1.165) is 5.56 Å². The second-order valence-electron chi connectivity index (χ2n) is 4.24. The molecule has 0 radical (unpaired) electrons. The van der Waals surface area contributed by atoms with E-state index in [1.807, 2.05) is 0 Å². The van der Waals surface area contributed by atoms with Gasteiger partial charge in [-0.15, -0.1) is 0 Å². The van der Waals surface area contributed by atoms with Gasteiger partial charge in [-0.1, -0.05) is 18.2 Å². The number of aliphatic hydroxyl groups is 1. The van der Waals surface area contributed by atoms with Gasteiger partial charge in [-0.2, -0.15) is 0 Å². The summed E-state index contributed by atoms with van der Waals surface area (Å²) in [5.74, 6) is -0.0777. The van der Waals surface area contributed by atoms with Crippen LogP contribution in [0.4, 0.5) is 4.39 Å². The normalized spacial score (nSPS) is 12.1. The predicted octanol–water partition coefficient (Wildman–Crippen LogP) is 2.69. The molecule has 3 nitrogen and oxygen atoms in total. The summed E-state index contributed by atoms with van der Waals surface area (Å²) < 4.78 is 18.4. The molecule has 19 heavy (non-hydrogen) atoms. The number of hydrogen-bond acceptors (Lipinski definition) is 3. The Hall–Kier alpha value is -2.07. The number of hydrogen-bond donors (Lipinski definition) is 2. The first-order chi connectivity index (χ1) is 9.19. The molecule has 0 aliphatic heterocycles. The van der Waals surface area contributed by atoms with E-state index in [0.29, 0.717) is 5.75 Å². The number of ether oxygens (including phenoxy) is 1. The highest BCUT2D eigenvalue weighted by Crippen LogP contribution is 2.21. The monoisotopic (exact) mass is 262 g/mol. The fourth-order valence-corrected chi connectivity index (χ4v) is 1.79. The molecular formula is C15H15FO3. The smallest absolute Gasteiger partial charge is 0.126 e. The summed E-state index contributed by atoms with van der Waals surface area (Å²) in [7, 11) is 0. The quantitative estimate of drug-likeness (QED) is 0.871. The van der Waals surface area contributed by atoms with Gasteiger partial charge in [0, 0.05) is 12.0 Å². The Morgan fingerprint density at radius 3 is 2.58 bits per heavy atom. The molecule has 0 amide bonds. The molecule has 0 saturated carbocycles. The van der Waals surface area contributed by atoms with Crippen LogP contribution in [0, 0.1) is 5.82 Å². The van der Waals surface area contributed by atoms with Gasteiger partial charge in [0.15, 0.2) is 0 Å². The van der Waals surface area contributed by atoms with Crippen LogP contribution < -0.4 is 4.74 Å². The summed E-state index contributed by atoms with van der Waals surface area (Å²) >= 11 is 0. The van der Waals surface area contributed by atoms with Crippen LogP contribution in [0.25, 0.3) is 0 Å². The number of benzene rings is 2. The lowest BCUT2D eigenvalue weighted by Gasteiger charge is -2.16. The van der Waals surface area contributed by atoms with Gasteiger partial charge in [0.05, 0.1) is 13.2 Å². The maximum atomic E-state index is 13.0. The Morgan fingerprint density at radius 1 is 1.11 bits per heavy atom. The second-order valence-corrected chi connectivity index (χ2v) is 4.24. The summed E-state index contributed by atoms with van der Waals surface area (Å²) in [4.78, 5) is 0. The van der Waals surface area contributed by atoms with Crippen molar-refractivity contribution in [3.05, 3.63) is 59.9 Å². The topological polar surface area (TPSA) is 49.7 Å². The zero-order chi connectivity index (χ0) is 13.7. The lowest BCUT2D eigenvalue weighted by atomic mass is 10.0. The summed E-state index contributed by atoms with van der Waals surface area (Å²) in [5.41, 5.74) is 0.777. The van der Waals surface area contributed by atoms with Crippen molar-refractivity contribution >= 4 is 0 Å². The van der Waals surface area contributed by atoms with Crippen LogP contribution in [0.1, 0.15) is 11.5 Å². The first kappa shape index (κ1) is 13.4. The highest BCUT2D eigenvalue weighted by molar-refractivity contribution is 5.30. The van der Waals surface area contributed by atoms with E-state index in [2.05, 4.69) is 0 Å². The van der Waals surface area contributed by atoms with Crippen molar-refractivity contribution in [1.29, 1.82) is 0 Å². The van der Waals surface area contributed by atoms with Gasteiger partial charge in [-0.3, -0.25) is 0 Å². The Kier molecular flexibility index (Phi) is 4.36. The molecule has 2 aromatic carbocycles. The number of phenolic OH excluding ortho intramolecular Hbond substituents is 1. The molecule has 0 spiro atoms. The third-order valence-corrected chi connectivity index (χ3v) is 2.81. The molecule has 1 atom stereocenters. The lowest BCUT2D eigenvalue weighted by Crippen LogP contribution is -2.14. The van der Waals surface area contributed by atoms with Gasteiger partial charge in [-0.25, -0.2) is 4.39 Å². The maximum absolute atomic E-state index is 13.0. The van der Waals surface area contributed by atoms with E-state index in [9.17, 15) is 14.6 Å². The zero-order valence-electron chi connectivity index (χ0n) is 10.3. The molecular weight excluding hydrogens is 247 g/mol. The fraction of sp³-hybridized carbons (Fsp3) is 0.200. The number of phenols is 1. The molecule has 100 valence electrons. The molecule has 2 rings (SSSR count). The van der Waals surface area contributed by atoms with Crippen molar-refractivity contribution in [3.63, 3.8) is 0 Å². The van der Waals surface area contributed by atoms with Crippen LogP contribution in [-0.2, 0) is 0 Å². The van der Waals surface area contributed by atoms with Gasteiger partial charge >= 0.3 is 0 Å². The van der Waals surface area contributed by atoms with Crippen LogP contribution in [0.15, 0.2) is 48.5 Å². The Labute approximate surface area is 110 Å². The van der Waals surface area contributed by atoms with E-state index < -0.39 is 0 Å². The van der Waals surface area contributed by atoms with Crippen molar-refractivity contribution in [2.45, 2.75) is 5.92 Å². The minimum atomic E-state index is -0.365. The zero-order valence-corrected chi connectivity index (χ0v) is 10.3. The molecule has 0 aromatic heterocycles. The van der Waals surface area contributed by atoms with Crippen molar-refractivity contribution in [2.75, 3.05) is 13.2 Å². The second kappa shape index (κ2) is 6.20. The molecule has 0 aliphatic rings. The first-order valence-electron chi connectivity index (χ1n) is 5.97. The van der Waals surface area contributed by atoms with Crippen molar-refractivity contribution in [3.8, 4) is 11.5 Å². The van der Waals surface area contributed by atoms with Gasteiger partial charge in [0.25, 0.3) is 0 Å². The lowest BCUT2D eigenvalue weighted by molar-refractivity contribution is 0.204. The summed E-state index contributed by atoms with van der Waals surface area (Å²) in [6.45, 7) is 0.0994. The minimum absolute atomic E-state index is 0.112. The van der Waals surface area contributed by atoms with Gasteiger partial charge in [-0.05, 0) is 29.8 Å². The number of halogens is 1. The molecule has 0 bridgehead atoms. The Morgan fingerprint density at radius 2 is 1.89 bits per heavy atom. The van der Waals surface area contributed by atoms with E-state index >= 15 is 0 Å². The van der Waals surface area contributed by atoms with Gasteiger partial charge < -0.3 is 14.9 Å².